The van der Waals surface area contributed by atoms with Gasteiger partial charge in [0.15, 0.2) is 12.4 Å². The monoisotopic (exact) mass is 369 g/mol. The van der Waals surface area contributed by atoms with E-state index in [0.29, 0.717) is 23.7 Å². The van der Waals surface area contributed by atoms with E-state index in [1.54, 1.807) is 41.1 Å². The third-order valence-corrected chi connectivity index (χ3v) is 3.75. The molecule has 0 aliphatic rings. The first-order valence-electron chi connectivity index (χ1n) is 8.26. The lowest BCUT2D eigenvalue weighted by Crippen LogP contribution is -2.12. The van der Waals surface area contributed by atoms with Crippen LogP contribution >= 0.6 is 0 Å². The number of rotatable bonds is 7. The summed E-state index contributed by atoms with van der Waals surface area (Å²) in [6, 6.07) is 11.8. The number of amides is 1. The van der Waals surface area contributed by atoms with Crippen LogP contribution < -0.4 is 10.1 Å². The summed E-state index contributed by atoms with van der Waals surface area (Å²) in [7, 11) is 0. The van der Waals surface area contributed by atoms with E-state index in [1.165, 1.54) is 0 Å². The van der Waals surface area contributed by atoms with Crippen LogP contribution in [-0.4, -0.2) is 33.4 Å². The molecule has 1 aromatic carbocycles. The minimum absolute atomic E-state index is 0.170. The number of hydrogen-bond acceptors (Lipinski definition) is 5. The van der Waals surface area contributed by atoms with Crippen molar-refractivity contribution in [2.45, 2.75) is 20.4 Å². The predicted octanol–water partition coefficient (Wildman–Crippen LogP) is 2.86. The molecule has 0 atom stereocenters. The fourth-order valence-electron chi connectivity index (χ4n) is 2.57. The summed E-state index contributed by atoms with van der Waals surface area (Å²) >= 11 is 0. The average Bonchev–Trinajstić information content (AvgIpc) is 3.20. The van der Waals surface area contributed by atoms with Gasteiger partial charge in [-0.25, -0.2) is 4.79 Å². The molecule has 0 spiro atoms. The maximum absolute atomic E-state index is 12.4. The van der Waals surface area contributed by atoms with Crippen molar-refractivity contribution in [2.24, 2.45) is 0 Å². The van der Waals surface area contributed by atoms with Gasteiger partial charge in [0.1, 0.15) is 11.5 Å². The number of carbonyl (C=O) groups excluding carboxylic acids is 1. The van der Waals surface area contributed by atoms with Crippen molar-refractivity contribution in [3.8, 4) is 5.75 Å². The van der Waals surface area contributed by atoms with E-state index >= 15 is 0 Å². The minimum atomic E-state index is -1.07. The fourth-order valence-corrected chi connectivity index (χ4v) is 2.57. The molecule has 2 N–H and O–H groups in total. The number of carbonyl (C=O) groups is 2. The zero-order chi connectivity index (χ0) is 19.4. The maximum atomic E-state index is 12.4. The molecule has 8 heteroatoms. The third kappa shape index (κ3) is 4.75. The lowest BCUT2D eigenvalue weighted by atomic mass is 10.3. The maximum Gasteiger partial charge on any atom is 0.341 e. The van der Waals surface area contributed by atoms with Crippen LogP contribution in [0.3, 0.4) is 0 Å². The number of anilines is 1. The predicted molar refractivity (Wildman–Crippen MR) is 97.0 cm³/mol. The van der Waals surface area contributed by atoms with Crippen molar-refractivity contribution in [3.05, 3.63) is 65.4 Å². The van der Waals surface area contributed by atoms with Crippen LogP contribution in [0.2, 0.25) is 0 Å². The minimum Gasteiger partial charge on any atom is -0.482 e. The second kappa shape index (κ2) is 7.77. The Morgan fingerprint density at radius 2 is 2.04 bits per heavy atom. The molecule has 140 valence electrons. The molecule has 3 rings (SSSR count). The van der Waals surface area contributed by atoms with E-state index in [1.807, 2.05) is 19.9 Å². The first kappa shape index (κ1) is 18.2. The van der Waals surface area contributed by atoms with E-state index < -0.39 is 18.5 Å². The molecule has 0 bridgehead atoms. The number of benzene rings is 1. The van der Waals surface area contributed by atoms with Crippen molar-refractivity contribution in [1.82, 2.24) is 9.78 Å². The Hall–Kier alpha value is -3.55. The smallest absolute Gasteiger partial charge is 0.341 e. The van der Waals surface area contributed by atoms with Gasteiger partial charge in [0.05, 0.1) is 12.2 Å². The number of hydrogen-bond donors (Lipinski definition) is 2. The molecule has 2 heterocycles. The van der Waals surface area contributed by atoms with Crippen molar-refractivity contribution >= 4 is 17.6 Å². The Labute approximate surface area is 155 Å². The SMILES string of the molecule is Cc1cc(C)n(Cc2ccc(C(=O)Nc3cccc(OCC(=O)O)c3)o2)n1. The van der Waals surface area contributed by atoms with Gasteiger partial charge < -0.3 is 19.6 Å². The summed E-state index contributed by atoms with van der Waals surface area (Å²) in [6.07, 6.45) is 0. The highest BCUT2D eigenvalue weighted by Crippen LogP contribution is 2.19. The highest BCUT2D eigenvalue weighted by atomic mass is 16.5. The molecule has 0 radical (unpaired) electrons. The van der Waals surface area contributed by atoms with Gasteiger partial charge in [-0.05, 0) is 44.2 Å². The van der Waals surface area contributed by atoms with Gasteiger partial charge >= 0.3 is 5.97 Å². The number of aryl methyl sites for hydroxylation is 2. The lowest BCUT2D eigenvalue weighted by molar-refractivity contribution is -0.139. The Morgan fingerprint density at radius 3 is 2.74 bits per heavy atom. The number of carboxylic acids is 1. The topological polar surface area (TPSA) is 107 Å². The Kier molecular flexibility index (Phi) is 5.25. The van der Waals surface area contributed by atoms with Gasteiger partial charge in [0.2, 0.25) is 0 Å². The van der Waals surface area contributed by atoms with Gasteiger partial charge in [-0.2, -0.15) is 5.10 Å². The molecule has 0 fully saturated rings. The zero-order valence-electron chi connectivity index (χ0n) is 14.9. The molecule has 27 heavy (non-hydrogen) atoms. The molecule has 0 unspecified atom stereocenters. The molecule has 1 amide bonds. The molecule has 0 aliphatic carbocycles. The van der Waals surface area contributed by atoms with Crippen molar-refractivity contribution in [2.75, 3.05) is 11.9 Å². The molecular weight excluding hydrogens is 350 g/mol. The number of nitrogens with zero attached hydrogens (tertiary/aromatic N) is 2. The second-order valence-electron chi connectivity index (χ2n) is 6.02. The quantitative estimate of drug-likeness (QED) is 0.663. The van der Waals surface area contributed by atoms with Crippen molar-refractivity contribution in [1.29, 1.82) is 0 Å². The normalized spacial score (nSPS) is 10.6. The second-order valence-corrected chi connectivity index (χ2v) is 6.02. The number of furan rings is 1. The van der Waals surface area contributed by atoms with Gasteiger partial charge in [0, 0.05) is 17.4 Å². The number of ether oxygens (including phenoxy) is 1. The average molecular weight is 369 g/mol. The van der Waals surface area contributed by atoms with Crippen LogP contribution in [0.25, 0.3) is 0 Å². The largest absolute Gasteiger partial charge is 0.482 e. The van der Waals surface area contributed by atoms with E-state index in [4.69, 9.17) is 14.3 Å². The molecular formula is C19H19N3O5. The highest BCUT2D eigenvalue weighted by Gasteiger charge is 2.13. The third-order valence-electron chi connectivity index (χ3n) is 3.75. The summed E-state index contributed by atoms with van der Waals surface area (Å²) in [6.45, 7) is 3.85. The van der Waals surface area contributed by atoms with Crippen LogP contribution in [0.15, 0.2) is 46.9 Å². The first-order valence-corrected chi connectivity index (χ1v) is 8.26. The Bertz CT molecular complexity index is 973. The van der Waals surface area contributed by atoms with E-state index in [9.17, 15) is 9.59 Å². The van der Waals surface area contributed by atoms with Crippen molar-refractivity contribution in [3.63, 3.8) is 0 Å². The number of nitrogens with one attached hydrogen (secondary N) is 1. The van der Waals surface area contributed by atoms with E-state index in [-0.39, 0.29) is 5.76 Å². The number of aliphatic carboxylic acids is 1. The molecule has 0 saturated carbocycles. The first-order chi connectivity index (χ1) is 12.9. The van der Waals surface area contributed by atoms with Crippen molar-refractivity contribution < 1.29 is 23.8 Å². The van der Waals surface area contributed by atoms with Crippen LogP contribution in [0, 0.1) is 13.8 Å². The number of aromatic nitrogens is 2. The summed E-state index contributed by atoms with van der Waals surface area (Å²) in [5.74, 6) is -0.353. The van der Waals surface area contributed by atoms with Gasteiger partial charge in [-0.15, -0.1) is 0 Å². The van der Waals surface area contributed by atoms with Gasteiger partial charge in [-0.1, -0.05) is 6.07 Å². The summed E-state index contributed by atoms with van der Waals surface area (Å²) < 4.78 is 12.5. The summed E-state index contributed by atoms with van der Waals surface area (Å²) in [5, 5.41) is 15.7. The standard InChI is InChI=1S/C19H19N3O5/c1-12-8-13(2)22(21-12)10-16-6-7-17(27-16)19(25)20-14-4-3-5-15(9-14)26-11-18(23)24/h3-9H,10-11H2,1-2H3,(H,20,25)(H,23,24). The van der Waals surface area contributed by atoms with Crippen LogP contribution in [0.5, 0.6) is 5.75 Å². The Morgan fingerprint density at radius 1 is 1.22 bits per heavy atom. The molecule has 2 aromatic heterocycles. The molecule has 3 aromatic rings. The van der Waals surface area contributed by atoms with Crippen LogP contribution in [0.1, 0.15) is 27.7 Å². The zero-order valence-corrected chi connectivity index (χ0v) is 14.9. The van der Waals surface area contributed by atoms with Crippen LogP contribution in [0.4, 0.5) is 5.69 Å². The highest BCUT2D eigenvalue weighted by molar-refractivity contribution is 6.02. The Balaban J connectivity index is 1.65. The summed E-state index contributed by atoms with van der Waals surface area (Å²) in [5.41, 5.74) is 2.40. The molecule has 8 nitrogen and oxygen atoms in total. The van der Waals surface area contributed by atoms with Gasteiger partial charge in [-0.3, -0.25) is 9.48 Å². The molecule has 0 saturated heterocycles. The van der Waals surface area contributed by atoms with E-state index in [0.717, 1.165) is 11.4 Å². The van der Waals surface area contributed by atoms with Gasteiger partial charge in [0.25, 0.3) is 5.91 Å². The summed E-state index contributed by atoms with van der Waals surface area (Å²) in [4.78, 5) is 22.9. The van der Waals surface area contributed by atoms with E-state index in [2.05, 4.69) is 10.4 Å². The fraction of sp³-hybridized carbons (Fsp3) is 0.211. The molecule has 0 aliphatic heterocycles. The lowest BCUT2D eigenvalue weighted by Gasteiger charge is -2.07. The number of carboxylic acid groups (broad SMARTS) is 1. The van der Waals surface area contributed by atoms with Crippen LogP contribution in [-0.2, 0) is 11.3 Å².